The van der Waals surface area contributed by atoms with E-state index in [0.717, 1.165) is 4.68 Å². The first-order valence-corrected chi connectivity index (χ1v) is 6.73. The maximum atomic E-state index is 12.4. The number of likely N-dealkylation sites (N-methyl/N-ethyl adjacent to an activating group) is 1. The van der Waals surface area contributed by atoms with Crippen LogP contribution in [0.4, 0.5) is 0 Å². The molecule has 2 aromatic heterocycles. The van der Waals surface area contributed by atoms with Gasteiger partial charge in [-0.1, -0.05) is 19.0 Å². The van der Waals surface area contributed by atoms with Crippen LogP contribution in [-0.2, 0) is 4.79 Å². The van der Waals surface area contributed by atoms with Crippen LogP contribution in [0.2, 0.25) is 0 Å². The van der Waals surface area contributed by atoms with Crippen LogP contribution >= 0.6 is 0 Å². The number of aromatic amines is 1. The van der Waals surface area contributed by atoms with Gasteiger partial charge in [0.15, 0.2) is 11.4 Å². The predicted octanol–water partition coefficient (Wildman–Crippen LogP) is 0.393. The molecule has 1 N–H and O–H groups in total. The molecule has 0 saturated heterocycles. The highest BCUT2D eigenvalue weighted by Crippen LogP contribution is 2.18. The molecule has 0 aliphatic rings. The minimum absolute atomic E-state index is 0.0517. The van der Waals surface area contributed by atoms with Crippen molar-refractivity contribution in [3.05, 3.63) is 27.1 Å². The Morgan fingerprint density at radius 2 is 2.14 bits per heavy atom. The smallest absolute Gasteiger partial charge is 0.349 e. The second kappa shape index (κ2) is 5.19. The SMILES string of the molecule is CCC(=O)C(C)(CC)N(C)n1c(=O)[nH]c2nocc2c1=O. The maximum Gasteiger partial charge on any atom is 0.349 e. The Kier molecular flexibility index (Phi) is 3.71. The number of nitrogens with one attached hydrogen (secondary N) is 1. The average molecular weight is 294 g/mol. The van der Waals surface area contributed by atoms with Crippen LogP contribution in [0.25, 0.3) is 11.0 Å². The van der Waals surface area contributed by atoms with Crippen LogP contribution in [0.1, 0.15) is 33.6 Å². The minimum Gasteiger partial charge on any atom is -0.362 e. The summed E-state index contributed by atoms with van der Waals surface area (Å²) < 4.78 is 5.61. The number of hydrogen-bond acceptors (Lipinski definition) is 6. The lowest BCUT2D eigenvalue weighted by molar-refractivity contribution is -0.124. The molecule has 0 spiro atoms. The zero-order valence-corrected chi connectivity index (χ0v) is 12.5. The number of nitrogens with zero attached hydrogens (tertiary/aromatic N) is 3. The Hall–Kier alpha value is -2.38. The summed E-state index contributed by atoms with van der Waals surface area (Å²) in [6, 6.07) is 0. The number of Topliss-reactive ketones (excluding diaryl/α,β-unsaturated/α-hetero) is 1. The van der Waals surface area contributed by atoms with Gasteiger partial charge in [0.2, 0.25) is 0 Å². The molecule has 2 aromatic rings. The maximum absolute atomic E-state index is 12.4. The van der Waals surface area contributed by atoms with Gasteiger partial charge >= 0.3 is 5.69 Å². The van der Waals surface area contributed by atoms with E-state index in [0.29, 0.717) is 12.8 Å². The summed E-state index contributed by atoms with van der Waals surface area (Å²) in [4.78, 5) is 39.2. The third kappa shape index (κ3) is 2.16. The molecule has 2 rings (SSSR count). The molecule has 0 aromatic carbocycles. The quantitative estimate of drug-likeness (QED) is 0.856. The van der Waals surface area contributed by atoms with E-state index >= 15 is 0 Å². The molecule has 0 aliphatic heterocycles. The van der Waals surface area contributed by atoms with E-state index in [-0.39, 0.29) is 16.8 Å². The molecule has 0 bridgehead atoms. The van der Waals surface area contributed by atoms with E-state index in [9.17, 15) is 14.4 Å². The molecule has 2 heterocycles. The van der Waals surface area contributed by atoms with Crippen LogP contribution in [0, 0.1) is 0 Å². The van der Waals surface area contributed by atoms with E-state index < -0.39 is 16.8 Å². The zero-order chi connectivity index (χ0) is 15.8. The van der Waals surface area contributed by atoms with Gasteiger partial charge in [-0.15, -0.1) is 0 Å². The summed E-state index contributed by atoms with van der Waals surface area (Å²) in [7, 11) is 1.55. The van der Waals surface area contributed by atoms with Gasteiger partial charge in [-0.05, 0) is 13.3 Å². The lowest BCUT2D eigenvalue weighted by Crippen LogP contribution is -2.61. The van der Waals surface area contributed by atoms with Crippen molar-refractivity contribution in [1.82, 2.24) is 14.8 Å². The molecule has 0 fully saturated rings. The number of hydrogen-bond donors (Lipinski definition) is 1. The first-order valence-electron chi connectivity index (χ1n) is 6.73. The number of carbonyl (C=O) groups is 1. The Balaban J connectivity index is 2.68. The van der Waals surface area contributed by atoms with E-state index in [1.54, 1.807) is 20.9 Å². The monoisotopic (exact) mass is 294 g/mol. The lowest BCUT2D eigenvalue weighted by atomic mass is 9.91. The molecule has 1 unspecified atom stereocenters. The van der Waals surface area contributed by atoms with E-state index in [1.165, 1.54) is 11.3 Å². The van der Waals surface area contributed by atoms with Crippen molar-refractivity contribution in [2.75, 3.05) is 12.1 Å². The topological polar surface area (TPSA) is 101 Å². The number of carbonyl (C=O) groups excluding carboxylic acids is 1. The molecule has 8 nitrogen and oxygen atoms in total. The largest absolute Gasteiger partial charge is 0.362 e. The summed E-state index contributed by atoms with van der Waals surface area (Å²) in [6.45, 7) is 5.30. The van der Waals surface area contributed by atoms with Crippen molar-refractivity contribution >= 4 is 16.8 Å². The van der Waals surface area contributed by atoms with Crippen LogP contribution in [0.15, 0.2) is 20.4 Å². The van der Waals surface area contributed by atoms with E-state index in [4.69, 9.17) is 4.52 Å². The summed E-state index contributed by atoms with van der Waals surface area (Å²) in [6.07, 6.45) is 1.95. The van der Waals surface area contributed by atoms with Crippen molar-refractivity contribution in [2.45, 2.75) is 39.2 Å². The van der Waals surface area contributed by atoms with Gasteiger partial charge in [0.05, 0.1) is 0 Å². The van der Waals surface area contributed by atoms with Gasteiger partial charge < -0.3 is 4.52 Å². The second-order valence-corrected chi connectivity index (χ2v) is 5.05. The molecule has 0 amide bonds. The van der Waals surface area contributed by atoms with Gasteiger partial charge in [0.1, 0.15) is 17.2 Å². The standard InChI is InChI=1S/C13H18N4O4/c1-5-9(18)13(3,6-2)16(4)17-11(19)8-7-21-15-10(8)14-12(17)20/h7H,5-6H2,1-4H3,(H,14,15,20). The van der Waals surface area contributed by atoms with E-state index in [1.807, 2.05) is 6.92 Å². The van der Waals surface area contributed by atoms with Gasteiger partial charge in [0.25, 0.3) is 5.56 Å². The van der Waals surface area contributed by atoms with Crippen molar-refractivity contribution in [3.63, 3.8) is 0 Å². The molecular weight excluding hydrogens is 276 g/mol. The average Bonchev–Trinajstić information content (AvgIpc) is 2.93. The summed E-state index contributed by atoms with van der Waals surface area (Å²) in [5, 5.41) is 5.08. The molecule has 0 radical (unpaired) electrons. The second-order valence-electron chi connectivity index (χ2n) is 5.05. The van der Waals surface area contributed by atoms with Crippen LogP contribution in [0.3, 0.4) is 0 Å². The fourth-order valence-corrected chi connectivity index (χ4v) is 2.32. The van der Waals surface area contributed by atoms with Gasteiger partial charge in [0, 0.05) is 13.5 Å². The highest BCUT2D eigenvalue weighted by molar-refractivity contribution is 5.89. The predicted molar refractivity (Wildman–Crippen MR) is 77.0 cm³/mol. The van der Waals surface area contributed by atoms with Crippen molar-refractivity contribution < 1.29 is 9.32 Å². The van der Waals surface area contributed by atoms with Crippen LogP contribution < -0.4 is 16.3 Å². The van der Waals surface area contributed by atoms with Gasteiger partial charge in [-0.3, -0.25) is 19.6 Å². The van der Waals surface area contributed by atoms with E-state index in [2.05, 4.69) is 10.1 Å². The fourth-order valence-electron chi connectivity index (χ4n) is 2.32. The summed E-state index contributed by atoms with van der Waals surface area (Å²) in [5.74, 6) is -0.0517. The molecule has 21 heavy (non-hydrogen) atoms. The van der Waals surface area contributed by atoms with Crippen LogP contribution in [-0.4, -0.2) is 33.2 Å². The third-order valence-corrected chi connectivity index (χ3v) is 4.03. The molecule has 114 valence electrons. The zero-order valence-electron chi connectivity index (χ0n) is 12.5. The van der Waals surface area contributed by atoms with Gasteiger partial charge in [-0.2, -0.15) is 4.68 Å². The van der Waals surface area contributed by atoms with Gasteiger partial charge in [-0.25, -0.2) is 4.79 Å². The molecule has 0 aliphatic carbocycles. The summed E-state index contributed by atoms with van der Waals surface area (Å²) in [5.41, 5.74) is -2.08. The number of ketones is 1. The first kappa shape index (κ1) is 15.0. The molecule has 0 saturated carbocycles. The Morgan fingerprint density at radius 1 is 1.48 bits per heavy atom. The molecule has 1 atom stereocenters. The van der Waals surface area contributed by atoms with Crippen LogP contribution in [0.5, 0.6) is 0 Å². The molecular formula is C13H18N4O4. The third-order valence-electron chi connectivity index (χ3n) is 4.03. The highest BCUT2D eigenvalue weighted by atomic mass is 16.5. The number of H-pyrrole nitrogens is 1. The van der Waals surface area contributed by atoms with Crippen molar-refractivity contribution in [3.8, 4) is 0 Å². The number of rotatable bonds is 5. The van der Waals surface area contributed by atoms with Crippen molar-refractivity contribution in [1.29, 1.82) is 0 Å². The Bertz CT molecular complexity index is 787. The normalized spacial score (nSPS) is 14.1. The van der Waals surface area contributed by atoms with Crippen molar-refractivity contribution in [2.24, 2.45) is 0 Å². The first-order chi connectivity index (χ1) is 9.86. The highest BCUT2D eigenvalue weighted by Gasteiger charge is 2.36. The number of fused-ring (bicyclic) bond motifs is 1. The summed E-state index contributed by atoms with van der Waals surface area (Å²) >= 11 is 0. The Morgan fingerprint density at radius 3 is 2.71 bits per heavy atom. The molecule has 8 heteroatoms. The number of aromatic nitrogens is 3. The fraction of sp³-hybridized carbons (Fsp3) is 0.538. The lowest BCUT2D eigenvalue weighted by Gasteiger charge is -2.38. The Labute approximate surface area is 120 Å². The minimum atomic E-state index is -0.948.